The molecule has 106 valence electrons. The van der Waals surface area contributed by atoms with Crippen molar-refractivity contribution >= 4 is 5.95 Å². The zero-order valence-electron chi connectivity index (χ0n) is 11.9. The minimum atomic E-state index is 0.646. The maximum atomic E-state index is 4.50. The van der Waals surface area contributed by atoms with Gasteiger partial charge >= 0.3 is 0 Å². The van der Waals surface area contributed by atoms with Gasteiger partial charge in [-0.25, -0.2) is 15.0 Å². The normalized spacial score (nSPS) is 19.2. The first-order valence-electron chi connectivity index (χ1n) is 7.36. The van der Waals surface area contributed by atoms with Crippen molar-refractivity contribution in [3.05, 3.63) is 36.7 Å². The standard InChI is InChI=1S/C15H21N5/c1-2-13-8-17-15(18-9-13)20-6-3-4-14(11-20)10-19-7-5-16-12-19/h5,7-9,12,14H,2-4,6,10-11H2,1H3/t14-/m0/s1. The Bertz CT molecular complexity index is 520. The van der Waals surface area contributed by atoms with Crippen molar-refractivity contribution in [2.45, 2.75) is 32.7 Å². The summed E-state index contributed by atoms with van der Waals surface area (Å²) >= 11 is 0. The molecule has 5 nitrogen and oxygen atoms in total. The Morgan fingerprint density at radius 2 is 2.15 bits per heavy atom. The van der Waals surface area contributed by atoms with Gasteiger partial charge in [-0.2, -0.15) is 0 Å². The number of imidazole rings is 1. The lowest BCUT2D eigenvalue weighted by Crippen LogP contribution is -2.38. The van der Waals surface area contributed by atoms with Gasteiger partial charge in [-0.05, 0) is 30.7 Å². The van der Waals surface area contributed by atoms with Crippen molar-refractivity contribution in [2.24, 2.45) is 5.92 Å². The van der Waals surface area contributed by atoms with E-state index in [1.165, 1.54) is 18.4 Å². The molecular weight excluding hydrogens is 250 g/mol. The minimum absolute atomic E-state index is 0.646. The van der Waals surface area contributed by atoms with E-state index in [1.807, 2.05) is 31.1 Å². The number of piperidine rings is 1. The molecule has 0 unspecified atom stereocenters. The largest absolute Gasteiger partial charge is 0.340 e. The van der Waals surface area contributed by atoms with Crippen molar-refractivity contribution in [1.29, 1.82) is 0 Å². The Morgan fingerprint density at radius 1 is 1.30 bits per heavy atom. The van der Waals surface area contributed by atoms with Gasteiger partial charge < -0.3 is 9.47 Å². The predicted octanol–water partition coefficient (Wildman–Crippen LogP) is 2.15. The fourth-order valence-corrected chi connectivity index (χ4v) is 2.78. The second-order valence-electron chi connectivity index (χ2n) is 5.46. The summed E-state index contributed by atoms with van der Waals surface area (Å²) in [7, 11) is 0. The molecule has 0 radical (unpaired) electrons. The molecule has 3 rings (SSSR count). The molecule has 0 bridgehead atoms. The summed E-state index contributed by atoms with van der Waals surface area (Å²) in [5.74, 6) is 1.52. The minimum Gasteiger partial charge on any atom is -0.340 e. The highest BCUT2D eigenvalue weighted by molar-refractivity contribution is 5.30. The lowest BCUT2D eigenvalue weighted by atomic mass is 9.98. The van der Waals surface area contributed by atoms with Crippen LogP contribution in [0.1, 0.15) is 25.3 Å². The fourth-order valence-electron chi connectivity index (χ4n) is 2.78. The third kappa shape index (κ3) is 2.98. The van der Waals surface area contributed by atoms with Crippen LogP contribution in [0.4, 0.5) is 5.95 Å². The van der Waals surface area contributed by atoms with Crippen LogP contribution < -0.4 is 4.90 Å². The van der Waals surface area contributed by atoms with Gasteiger partial charge in [0.25, 0.3) is 0 Å². The number of anilines is 1. The zero-order valence-corrected chi connectivity index (χ0v) is 11.9. The van der Waals surface area contributed by atoms with Gasteiger partial charge in [0.05, 0.1) is 6.33 Å². The number of nitrogens with zero attached hydrogens (tertiary/aromatic N) is 5. The van der Waals surface area contributed by atoms with Crippen molar-refractivity contribution in [3.8, 4) is 0 Å². The third-order valence-corrected chi connectivity index (χ3v) is 3.93. The Kier molecular flexibility index (Phi) is 3.95. The van der Waals surface area contributed by atoms with Gasteiger partial charge in [0.15, 0.2) is 0 Å². The average Bonchev–Trinajstić information content (AvgIpc) is 3.01. The molecule has 3 heterocycles. The van der Waals surface area contributed by atoms with Gasteiger partial charge in [0.1, 0.15) is 0 Å². The summed E-state index contributed by atoms with van der Waals surface area (Å²) in [5.41, 5.74) is 1.20. The maximum Gasteiger partial charge on any atom is 0.225 e. The van der Waals surface area contributed by atoms with Crippen LogP contribution in [0.15, 0.2) is 31.1 Å². The first-order valence-corrected chi connectivity index (χ1v) is 7.36. The smallest absolute Gasteiger partial charge is 0.225 e. The lowest BCUT2D eigenvalue weighted by molar-refractivity contribution is 0.364. The number of aromatic nitrogens is 4. The van der Waals surface area contributed by atoms with E-state index in [0.717, 1.165) is 32.0 Å². The average molecular weight is 271 g/mol. The summed E-state index contributed by atoms with van der Waals surface area (Å²) in [6, 6.07) is 0. The van der Waals surface area contributed by atoms with Crippen molar-refractivity contribution < 1.29 is 0 Å². The maximum absolute atomic E-state index is 4.50. The summed E-state index contributed by atoms with van der Waals surface area (Å²) in [6.07, 6.45) is 13.1. The highest BCUT2D eigenvalue weighted by Crippen LogP contribution is 2.21. The summed E-state index contributed by atoms with van der Waals surface area (Å²) in [4.78, 5) is 15.4. The molecule has 0 N–H and O–H groups in total. The monoisotopic (exact) mass is 271 g/mol. The van der Waals surface area contributed by atoms with E-state index in [4.69, 9.17) is 0 Å². The van der Waals surface area contributed by atoms with Crippen LogP contribution in [-0.4, -0.2) is 32.6 Å². The van der Waals surface area contributed by atoms with Crippen LogP contribution in [0.3, 0.4) is 0 Å². The van der Waals surface area contributed by atoms with Crippen LogP contribution in [0, 0.1) is 5.92 Å². The van der Waals surface area contributed by atoms with Gasteiger partial charge in [0, 0.05) is 44.4 Å². The highest BCUT2D eigenvalue weighted by Gasteiger charge is 2.21. The lowest BCUT2D eigenvalue weighted by Gasteiger charge is -2.32. The second kappa shape index (κ2) is 6.03. The molecule has 0 spiro atoms. The zero-order chi connectivity index (χ0) is 13.8. The van der Waals surface area contributed by atoms with Crippen LogP contribution in [0.5, 0.6) is 0 Å². The Hall–Kier alpha value is -1.91. The molecule has 5 heteroatoms. The molecule has 0 aromatic carbocycles. The van der Waals surface area contributed by atoms with Gasteiger partial charge in [0.2, 0.25) is 5.95 Å². The molecule has 0 amide bonds. The van der Waals surface area contributed by atoms with E-state index in [2.05, 4.69) is 31.3 Å². The topological polar surface area (TPSA) is 46.8 Å². The molecular formula is C15H21N5. The molecule has 1 saturated heterocycles. The highest BCUT2D eigenvalue weighted by atomic mass is 15.3. The summed E-state index contributed by atoms with van der Waals surface area (Å²) < 4.78 is 2.16. The molecule has 1 aliphatic rings. The molecule has 20 heavy (non-hydrogen) atoms. The van der Waals surface area contributed by atoms with Gasteiger partial charge in [-0.3, -0.25) is 0 Å². The van der Waals surface area contributed by atoms with E-state index in [9.17, 15) is 0 Å². The van der Waals surface area contributed by atoms with E-state index >= 15 is 0 Å². The third-order valence-electron chi connectivity index (χ3n) is 3.93. The van der Waals surface area contributed by atoms with Gasteiger partial charge in [-0.15, -0.1) is 0 Å². The molecule has 2 aromatic rings. The first kappa shape index (κ1) is 13.1. The second-order valence-corrected chi connectivity index (χ2v) is 5.46. The van der Waals surface area contributed by atoms with E-state index < -0.39 is 0 Å². The predicted molar refractivity (Wildman–Crippen MR) is 78.6 cm³/mol. The number of rotatable bonds is 4. The quantitative estimate of drug-likeness (QED) is 0.855. The molecule has 0 aliphatic carbocycles. The van der Waals surface area contributed by atoms with Crippen LogP contribution in [0.25, 0.3) is 0 Å². The SMILES string of the molecule is CCc1cnc(N2CCC[C@@H](Cn3ccnc3)C2)nc1. The van der Waals surface area contributed by atoms with E-state index in [-0.39, 0.29) is 0 Å². The van der Waals surface area contributed by atoms with Crippen molar-refractivity contribution in [3.63, 3.8) is 0 Å². The molecule has 1 atom stereocenters. The molecule has 0 saturated carbocycles. The van der Waals surface area contributed by atoms with Crippen molar-refractivity contribution in [1.82, 2.24) is 19.5 Å². The Morgan fingerprint density at radius 3 is 2.85 bits per heavy atom. The van der Waals surface area contributed by atoms with Crippen LogP contribution >= 0.6 is 0 Å². The van der Waals surface area contributed by atoms with Crippen LogP contribution in [0.2, 0.25) is 0 Å². The van der Waals surface area contributed by atoms with Crippen LogP contribution in [-0.2, 0) is 13.0 Å². The summed E-state index contributed by atoms with van der Waals surface area (Å²) in [5, 5.41) is 0. The molecule has 1 fully saturated rings. The van der Waals surface area contributed by atoms with E-state index in [0.29, 0.717) is 5.92 Å². The molecule has 2 aromatic heterocycles. The van der Waals surface area contributed by atoms with E-state index in [1.54, 1.807) is 0 Å². The number of hydrogen-bond acceptors (Lipinski definition) is 4. The molecule has 1 aliphatic heterocycles. The van der Waals surface area contributed by atoms with Gasteiger partial charge in [-0.1, -0.05) is 6.92 Å². The summed E-state index contributed by atoms with van der Waals surface area (Å²) in [6.45, 7) is 5.25. The van der Waals surface area contributed by atoms with Crippen molar-refractivity contribution in [2.75, 3.05) is 18.0 Å². The number of aryl methyl sites for hydroxylation is 1. The Balaban J connectivity index is 1.64. The fraction of sp³-hybridized carbons (Fsp3) is 0.533. The number of hydrogen-bond donors (Lipinski definition) is 0. The first-order chi connectivity index (χ1) is 9.85. The Labute approximate surface area is 119 Å².